The van der Waals surface area contributed by atoms with Gasteiger partial charge in [-0.15, -0.1) is 0 Å². The summed E-state index contributed by atoms with van der Waals surface area (Å²) >= 11 is 0. The van der Waals surface area contributed by atoms with E-state index < -0.39 is 0 Å². The molecule has 2 unspecified atom stereocenters. The lowest BCUT2D eigenvalue weighted by molar-refractivity contribution is 0.220. The number of likely N-dealkylation sites (tertiary alicyclic amines) is 1. The summed E-state index contributed by atoms with van der Waals surface area (Å²) < 4.78 is 0. The third kappa shape index (κ3) is 4.09. The van der Waals surface area contributed by atoms with E-state index in [1.54, 1.807) is 0 Å². The molecule has 1 aliphatic rings. The highest BCUT2D eigenvalue weighted by Crippen LogP contribution is 2.15. The molecule has 0 amide bonds. The summed E-state index contributed by atoms with van der Waals surface area (Å²) in [6.07, 6.45) is 1.32. The van der Waals surface area contributed by atoms with E-state index in [0.29, 0.717) is 12.1 Å². The number of nitrogens with one attached hydrogen (secondary N) is 1. The standard InChI is InChI=1S/C12H27N3/c1-10(2)13-8-11(3)15-7-6-12(9-15)14(4)5/h10-13H,6-9H2,1-5H3. The lowest BCUT2D eigenvalue weighted by atomic mass is 10.2. The molecule has 1 fully saturated rings. The van der Waals surface area contributed by atoms with E-state index in [1.165, 1.54) is 19.5 Å². The fraction of sp³-hybridized carbons (Fsp3) is 1.00. The largest absolute Gasteiger partial charge is 0.313 e. The van der Waals surface area contributed by atoms with E-state index in [0.717, 1.165) is 12.6 Å². The quantitative estimate of drug-likeness (QED) is 0.735. The van der Waals surface area contributed by atoms with Gasteiger partial charge >= 0.3 is 0 Å². The lowest BCUT2D eigenvalue weighted by Gasteiger charge is -2.26. The molecule has 3 nitrogen and oxygen atoms in total. The predicted octanol–water partition coefficient (Wildman–Crippen LogP) is 1.01. The summed E-state index contributed by atoms with van der Waals surface area (Å²) in [6, 6.07) is 2.02. The molecular formula is C12H27N3. The van der Waals surface area contributed by atoms with Crippen LogP contribution in [0.25, 0.3) is 0 Å². The van der Waals surface area contributed by atoms with Gasteiger partial charge in [-0.1, -0.05) is 13.8 Å². The zero-order chi connectivity index (χ0) is 11.4. The minimum atomic E-state index is 0.597. The Balaban J connectivity index is 2.27. The molecule has 1 aliphatic heterocycles. The van der Waals surface area contributed by atoms with Crippen molar-refractivity contribution in [2.24, 2.45) is 0 Å². The molecule has 1 saturated heterocycles. The highest BCUT2D eigenvalue weighted by atomic mass is 15.3. The zero-order valence-electron chi connectivity index (χ0n) is 11.0. The van der Waals surface area contributed by atoms with Crippen LogP contribution in [0.2, 0.25) is 0 Å². The molecule has 0 saturated carbocycles. The van der Waals surface area contributed by atoms with Crippen molar-refractivity contribution in [2.75, 3.05) is 33.7 Å². The Bertz CT molecular complexity index is 180. The second-order valence-electron chi connectivity index (χ2n) is 5.31. The second-order valence-corrected chi connectivity index (χ2v) is 5.31. The van der Waals surface area contributed by atoms with Crippen LogP contribution in [0.15, 0.2) is 0 Å². The van der Waals surface area contributed by atoms with Crippen molar-refractivity contribution < 1.29 is 0 Å². The average Bonchev–Trinajstić information content (AvgIpc) is 2.62. The maximum absolute atomic E-state index is 3.51. The second kappa shape index (κ2) is 5.83. The van der Waals surface area contributed by atoms with Gasteiger partial charge in [0.1, 0.15) is 0 Å². The van der Waals surface area contributed by atoms with Crippen LogP contribution >= 0.6 is 0 Å². The first kappa shape index (κ1) is 12.9. The van der Waals surface area contributed by atoms with Crippen LogP contribution in [0.4, 0.5) is 0 Å². The first-order valence-electron chi connectivity index (χ1n) is 6.14. The van der Waals surface area contributed by atoms with Gasteiger partial charge < -0.3 is 10.2 Å². The molecule has 15 heavy (non-hydrogen) atoms. The first-order chi connectivity index (χ1) is 7.00. The first-order valence-corrected chi connectivity index (χ1v) is 6.14. The average molecular weight is 213 g/mol. The van der Waals surface area contributed by atoms with Gasteiger partial charge in [-0.05, 0) is 27.4 Å². The van der Waals surface area contributed by atoms with Crippen molar-refractivity contribution in [3.63, 3.8) is 0 Å². The predicted molar refractivity (Wildman–Crippen MR) is 66.3 cm³/mol. The Morgan fingerprint density at radius 2 is 2.00 bits per heavy atom. The van der Waals surface area contributed by atoms with Gasteiger partial charge in [-0.3, -0.25) is 4.90 Å². The molecule has 90 valence electrons. The maximum Gasteiger partial charge on any atom is 0.0229 e. The van der Waals surface area contributed by atoms with E-state index in [-0.39, 0.29) is 0 Å². The van der Waals surface area contributed by atoms with E-state index in [4.69, 9.17) is 0 Å². The molecule has 1 heterocycles. The zero-order valence-corrected chi connectivity index (χ0v) is 11.0. The molecule has 2 atom stereocenters. The summed E-state index contributed by atoms with van der Waals surface area (Å²) in [5.41, 5.74) is 0. The number of hydrogen-bond acceptors (Lipinski definition) is 3. The van der Waals surface area contributed by atoms with Gasteiger partial charge in [0, 0.05) is 37.8 Å². The molecule has 0 aromatic rings. The summed E-state index contributed by atoms with van der Waals surface area (Å²) in [7, 11) is 4.37. The van der Waals surface area contributed by atoms with Crippen LogP contribution in [0.1, 0.15) is 27.2 Å². The Morgan fingerprint density at radius 1 is 1.33 bits per heavy atom. The lowest BCUT2D eigenvalue weighted by Crippen LogP contribution is -2.42. The fourth-order valence-corrected chi connectivity index (χ4v) is 2.13. The van der Waals surface area contributed by atoms with E-state index in [1.807, 2.05) is 0 Å². The van der Waals surface area contributed by atoms with Crippen LogP contribution in [-0.2, 0) is 0 Å². The highest BCUT2D eigenvalue weighted by molar-refractivity contribution is 4.84. The Hall–Kier alpha value is -0.120. The van der Waals surface area contributed by atoms with E-state index >= 15 is 0 Å². The molecule has 3 heteroatoms. The van der Waals surface area contributed by atoms with Crippen molar-refractivity contribution >= 4 is 0 Å². The third-order valence-corrected chi connectivity index (χ3v) is 3.37. The summed E-state index contributed by atoms with van der Waals surface area (Å²) in [5, 5.41) is 3.51. The maximum atomic E-state index is 3.51. The highest BCUT2D eigenvalue weighted by Gasteiger charge is 2.26. The third-order valence-electron chi connectivity index (χ3n) is 3.37. The van der Waals surface area contributed by atoms with Crippen molar-refractivity contribution in [3.05, 3.63) is 0 Å². The van der Waals surface area contributed by atoms with Gasteiger partial charge in [-0.2, -0.15) is 0 Å². The Morgan fingerprint density at radius 3 is 2.47 bits per heavy atom. The molecular weight excluding hydrogens is 186 g/mol. The van der Waals surface area contributed by atoms with Gasteiger partial charge in [0.2, 0.25) is 0 Å². The van der Waals surface area contributed by atoms with Crippen LogP contribution in [-0.4, -0.2) is 61.7 Å². The SMILES string of the molecule is CC(C)NCC(C)N1CCC(N(C)C)C1. The van der Waals surface area contributed by atoms with Gasteiger partial charge in [0.15, 0.2) is 0 Å². The molecule has 0 aliphatic carbocycles. The fourth-order valence-electron chi connectivity index (χ4n) is 2.13. The van der Waals surface area contributed by atoms with Gasteiger partial charge in [0.05, 0.1) is 0 Å². The van der Waals surface area contributed by atoms with Crippen LogP contribution < -0.4 is 5.32 Å². The topological polar surface area (TPSA) is 18.5 Å². The summed E-state index contributed by atoms with van der Waals surface area (Å²) in [6.45, 7) is 10.3. The molecule has 0 aromatic carbocycles. The summed E-state index contributed by atoms with van der Waals surface area (Å²) in [5.74, 6) is 0. The van der Waals surface area contributed by atoms with Crippen LogP contribution in [0.3, 0.4) is 0 Å². The number of rotatable bonds is 5. The summed E-state index contributed by atoms with van der Waals surface area (Å²) in [4.78, 5) is 4.95. The molecule has 1 N–H and O–H groups in total. The minimum Gasteiger partial charge on any atom is -0.313 e. The van der Waals surface area contributed by atoms with Crippen LogP contribution in [0, 0.1) is 0 Å². The molecule has 0 radical (unpaired) electrons. The van der Waals surface area contributed by atoms with E-state index in [9.17, 15) is 0 Å². The molecule has 0 aromatic heterocycles. The minimum absolute atomic E-state index is 0.597. The van der Waals surface area contributed by atoms with Crippen LogP contribution in [0.5, 0.6) is 0 Å². The molecule has 0 bridgehead atoms. The normalized spacial score (nSPS) is 25.4. The van der Waals surface area contributed by atoms with Gasteiger partial charge in [0.25, 0.3) is 0 Å². The number of likely N-dealkylation sites (N-methyl/N-ethyl adjacent to an activating group) is 1. The molecule has 1 rings (SSSR count). The van der Waals surface area contributed by atoms with Crippen molar-refractivity contribution in [3.8, 4) is 0 Å². The number of nitrogens with zero attached hydrogens (tertiary/aromatic N) is 2. The van der Waals surface area contributed by atoms with Crippen molar-refractivity contribution in [1.82, 2.24) is 15.1 Å². The smallest absolute Gasteiger partial charge is 0.0229 e. The van der Waals surface area contributed by atoms with Crippen molar-refractivity contribution in [2.45, 2.75) is 45.3 Å². The molecule has 0 spiro atoms. The monoisotopic (exact) mass is 213 g/mol. The van der Waals surface area contributed by atoms with Gasteiger partial charge in [-0.25, -0.2) is 0 Å². The van der Waals surface area contributed by atoms with E-state index in [2.05, 4.69) is 50.0 Å². The van der Waals surface area contributed by atoms with Crippen molar-refractivity contribution in [1.29, 1.82) is 0 Å². The Kier molecular flexibility index (Phi) is 5.03. The Labute approximate surface area is 94.8 Å². The number of hydrogen-bond donors (Lipinski definition) is 1.